The molecule has 0 saturated heterocycles. The van der Waals surface area contributed by atoms with Gasteiger partial charge in [-0.2, -0.15) is 0 Å². The zero-order valence-electron chi connectivity index (χ0n) is 37.7. The molecule has 0 aliphatic carbocycles. The smallest absolute Gasteiger partial charge is 0.143 e. The molecule has 0 amide bonds. The van der Waals surface area contributed by atoms with E-state index in [0.717, 1.165) is 83.6 Å². The van der Waals surface area contributed by atoms with E-state index in [1.165, 1.54) is 38.5 Å². The first-order valence-electron chi connectivity index (χ1n) is 23.6. The predicted molar refractivity (Wildman–Crippen MR) is 290 cm³/mol. The highest BCUT2D eigenvalue weighted by molar-refractivity contribution is 6.11. The first-order chi connectivity index (χ1) is 34.2. The molecule has 0 radical (unpaired) electrons. The van der Waals surface area contributed by atoms with E-state index in [1.54, 1.807) is 0 Å². The Morgan fingerprint density at radius 2 is 0.739 bits per heavy atom. The molecular weight excluding hydrogens is 837 g/mol. The van der Waals surface area contributed by atoms with Crippen LogP contribution >= 0.6 is 0 Å². The zero-order chi connectivity index (χ0) is 45.7. The number of furan rings is 1. The summed E-state index contributed by atoms with van der Waals surface area (Å²) in [5.41, 5.74) is 20.0. The molecule has 0 fully saturated rings. The number of fused-ring (bicyclic) bond motifs is 6. The van der Waals surface area contributed by atoms with Crippen LogP contribution in [0.4, 0.5) is 17.1 Å². The fourth-order valence-corrected chi connectivity index (χ4v) is 10.4. The second kappa shape index (κ2) is 16.9. The normalized spacial score (nSPS) is 11.5. The molecule has 0 N–H and O–H groups in total. The van der Waals surface area contributed by atoms with Gasteiger partial charge in [0, 0.05) is 49.6 Å². The highest BCUT2D eigenvalue weighted by Crippen LogP contribution is 2.45. The Labute approximate surface area is 401 Å². The molecule has 0 atom stereocenters. The van der Waals surface area contributed by atoms with Crippen LogP contribution < -0.4 is 4.90 Å². The summed E-state index contributed by atoms with van der Waals surface area (Å²) in [4.78, 5) is 2.41. The number of rotatable bonds is 9. The minimum atomic E-state index is 0.903. The lowest BCUT2D eigenvalue weighted by atomic mass is 9.97. The van der Waals surface area contributed by atoms with Gasteiger partial charge in [-0.25, -0.2) is 0 Å². The molecule has 11 aromatic carbocycles. The van der Waals surface area contributed by atoms with Gasteiger partial charge in [-0.3, -0.25) is 0 Å². The van der Waals surface area contributed by atoms with E-state index in [1.807, 2.05) is 12.1 Å². The number of para-hydroxylation sites is 6. The molecule has 2 heterocycles. The third-order valence-corrected chi connectivity index (χ3v) is 13.6. The van der Waals surface area contributed by atoms with Gasteiger partial charge in [-0.15, -0.1) is 0 Å². The van der Waals surface area contributed by atoms with E-state index in [0.29, 0.717) is 0 Å². The van der Waals surface area contributed by atoms with Crippen LogP contribution in [0.15, 0.2) is 271 Å². The summed E-state index contributed by atoms with van der Waals surface area (Å²) >= 11 is 0. The molecule has 13 rings (SSSR count). The summed E-state index contributed by atoms with van der Waals surface area (Å²) in [5, 5.41) is 4.74. The number of anilines is 3. The second-order valence-electron chi connectivity index (χ2n) is 17.6. The molecule has 0 saturated carbocycles. The predicted octanol–water partition coefficient (Wildman–Crippen LogP) is 18.5. The van der Waals surface area contributed by atoms with Gasteiger partial charge in [0.25, 0.3) is 0 Å². The van der Waals surface area contributed by atoms with Crippen molar-refractivity contribution in [1.29, 1.82) is 0 Å². The van der Waals surface area contributed by atoms with Gasteiger partial charge in [0.15, 0.2) is 0 Å². The maximum absolute atomic E-state index is 6.47. The molecule has 0 unspecified atom stereocenters. The third-order valence-electron chi connectivity index (χ3n) is 13.6. The Balaban J connectivity index is 0.933. The van der Waals surface area contributed by atoms with E-state index < -0.39 is 0 Å². The standard InChI is InChI=1S/C66H44N2O/c1-2-17-45(18-3-1)48-19-14-20-49(43-48)46-35-39-52(40-36-46)67(53-41-37-47(38-42-53)50-21-15-22-51(44-50)54-28-16-29-60-59-27-8-13-34-65(59)69-66(54)60)61-30-9-4-23-55(61)56-24-5-10-31-62(56)68-63-32-11-6-25-57(63)58-26-7-12-33-64(58)68/h1-44H. The molecule has 324 valence electrons. The Bertz CT molecular complexity index is 3960. The molecule has 0 aliphatic rings. The van der Waals surface area contributed by atoms with Crippen molar-refractivity contribution in [1.82, 2.24) is 4.57 Å². The first kappa shape index (κ1) is 40.1. The van der Waals surface area contributed by atoms with Crippen LogP contribution in [0.5, 0.6) is 0 Å². The van der Waals surface area contributed by atoms with E-state index in [-0.39, 0.29) is 0 Å². The Morgan fingerprint density at radius 1 is 0.290 bits per heavy atom. The van der Waals surface area contributed by atoms with E-state index >= 15 is 0 Å². The molecule has 69 heavy (non-hydrogen) atoms. The van der Waals surface area contributed by atoms with Crippen molar-refractivity contribution in [3.8, 4) is 61.3 Å². The maximum Gasteiger partial charge on any atom is 0.143 e. The fraction of sp³-hybridized carbons (Fsp3) is 0. The van der Waals surface area contributed by atoms with Crippen molar-refractivity contribution in [2.24, 2.45) is 0 Å². The van der Waals surface area contributed by atoms with Crippen LogP contribution in [0, 0.1) is 0 Å². The number of nitrogens with zero attached hydrogens (tertiary/aromatic N) is 2. The van der Waals surface area contributed by atoms with Gasteiger partial charge in [-0.1, -0.05) is 200 Å². The largest absolute Gasteiger partial charge is 0.455 e. The number of aromatic nitrogens is 1. The zero-order valence-corrected chi connectivity index (χ0v) is 37.7. The quantitative estimate of drug-likeness (QED) is 0.144. The lowest BCUT2D eigenvalue weighted by Crippen LogP contribution is -2.11. The molecule has 13 aromatic rings. The van der Waals surface area contributed by atoms with Crippen LogP contribution in [-0.4, -0.2) is 4.57 Å². The van der Waals surface area contributed by atoms with Gasteiger partial charge < -0.3 is 13.9 Å². The van der Waals surface area contributed by atoms with Gasteiger partial charge in [0.1, 0.15) is 11.2 Å². The van der Waals surface area contributed by atoms with E-state index in [4.69, 9.17) is 4.42 Å². The van der Waals surface area contributed by atoms with Crippen molar-refractivity contribution < 1.29 is 4.42 Å². The fourth-order valence-electron chi connectivity index (χ4n) is 10.4. The van der Waals surface area contributed by atoms with Crippen LogP contribution in [0.1, 0.15) is 0 Å². The van der Waals surface area contributed by atoms with Gasteiger partial charge >= 0.3 is 0 Å². The maximum atomic E-state index is 6.47. The summed E-state index contributed by atoms with van der Waals surface area (Å²) in [6.07, 6.45) is 0. The van der Waals surface area contributed by atoms with Crippen molar-refractivity contribution in [3.05, 3.63) is 267 Å². The van der Waals surface area contributed by atoms with Gasteiger partial charge in [0.2, 0.25) is 0 Å². The highest BCUT2D eigenvalue weighted by Gasteiger charge is 2.22. The summed E-state index contributed by atoms with van der Waals surface area (Å²) in [6, 6.07) is 96.1. The molecular formula is C66H44N2O. The lowest BCUT2D eigenvalue weighted by molar-refractivity contribution is 0.670. The number of hydrogen-bond acceptors (Lipinski definition) is 2. The molecule has 2 aromatic heterocycles. The van der Waals surface area contributed by atoms with Gasteiger partial charge in [0.05, 0.1) is 22.4 Å². The SMILES string of the molecule is c1ccc(-c2cccc(-c3ccc(N(c4ccc(-c5cccc(-c6cccc7c6oc6ccccc67)c5)cc4)c4ccccc4-c4ccccc4-n4c5ccccc5c5ccccc54)cc3)c2)cc1. The molecule has 0 aliphatic heterocycles. The lowest BCUT2D eigenvalue weighted by Gasteiger charge is -2.29. The van der Waals surface area contributed by atoms with Crippen LogP contribution in [0.3, 0.4) is 0 Å². The van der Waals surface area contributed by atoms with E-state index in [2.05, 4.69) is 264 Å². The summed E-state index contributed by atoms with van der Waals surface area (Å²) in [7, 11) is 0. The second-order valence-corrected chi connectivity index (χ2v) is 17.6. The van der Waals surface area contributed by atoms with Crippen molar-refractivity contribution in [2.75, 3.05) is 4.90 Å². The summed E-state index contributed by atoms with van der Waals surface area (Å²) in [5.74, 6) is 0. The minimum Gasteiger partial charge on any atom is -0.455 e. The van der Waals surface area contributed by atoms with Crippen LogP contribution in [0.2, 0.25) is 0 Å². The summed E-state index contributed by atoms with van der Waals surface area (Å²) < 4.78 is 8.89. The monoisotopic (exact) mass is 880 g/mol. The molecule has 3 heteroatoms. The Kier molecular flexibility index (Phi) is 9.84. The molecule has 0 bridgehead atoms. The highest BCUT2D eigenvalue weighted by atomic mass is 16.3. The van der Waals surface area contributed by atoms with Crippen LogP contribution in [0.25, 0.3) is 105 Å². The average Bonchev–Trinajstić information content (AvgIpc) is 3.98. The van der Waals surface area contributed by atoms with Gasteiger partial charge in [-0.05, 0) is 106 Å². The Hall–Kier alpha value is -9.18. The Morgan fingerprint density at radius 3 is 1.41 bits per heavy atom. The number of benzene rings is 11. The van der Waals surface area contributed by atoms with Crippen molar-refractivity contribution >= 4 is 60.8 Å². The van der Waals surface area contributed by atoms with Crippen LogP contribution in [-0.2, 0) is 0 Å². The summed E-state index contributed by atoms with van der Waals surface area (Å²) in [6.45, 7) is 0. The topological polar surface area (TPSA) is 21.3 Å². The molecule has 0 spiro atoms. The van der Waals surface area contributed by atoms with Crippen molar-refractivity contribution in [2.45, 2.75) is 0 Å². The van der Waals surface area contributed by atoms with E-state index in [9.17, 15) is 0 Å². The number of hydrogen-bond donors (Lipinski definition) is 0. The third kappa shape index (κ3) is 7.08. The first-order valence-corrected chi connectivity index (χ1v) is 23.6. The average molecular weight is 881 g/mol. The molecule has 3 nitrogen and oxygen atoms in total. The van der Waals surface area contributed by atoms with Crippen molar-refractivity contribution in [3.63, 3.8) is 0 Å². The minimum absolute atomic E-state index is 0.903.